The molecule has 8 atom stereocenters. The quantitative estimate of drug-likeness (QED) is 0.236. The third-order valence-corrected chi connectivity index (χ3v) is 11.7. The Balaban J connectivity index is 1.32. The highest BCUT2D eigenvalue weighted by molar-refractivity contribution is 9.10. The number of cyclic esters (lactones) is 1. The summed E-state index contributed by atoms with van der Waals surface area (Å²) in [4.78, 5) is 24.6. The molecule has 5 aliphatic rings. The number of rotatable bonds is 4. The SMILES string of the molecule is C[C@]12CC[C@H]3[C@@H](CC[C@]4(O)C[C@H](O)CC[C@]34/C=N\NC(=O)c3ccc(Br)cc3)[C@]1(O)CC[C@@H]2C1=CC(=O)OC1. The first-order valence-corrected chi connectivity index (χ1v) is 14.9. The van der Waals surface area contributed by atoms with Crippen LogP contribution in [0.25, 0.3) is 0 Å². The van der Waals surface area contributed by atoms with Gasteiger partial charge in [-0.15, -0.1) is 0 Å². The van der Waals surface area contributed by atoms with Crippen LogP contribution in [0.4, 0.5) is 0 Å². The number of fused-ring (bicyclic) bond motifs is 5. The molecule has 1 amide bonds. The fourth-order valence-electron chi connectivity index (χ4n) is 9.23. The number of hydrazone groups is 1. The van der Waals surface area contributed by atoms with Gasteiger partial charge in [-0.3, -0.25) is 4.79 Å². The minimum Gasteiger partial charge on any atom is -0.458 e. The summed E-state index contributed by atoms with van der Waals surface area (Å²) in [5.74, 6) is -0.675. The van der Waals surface area contributed by atoms with Gasteiger partial charge >= 0.3 is 5.97 Å². The second kappa shape index (κ2) is 9.50. The van der Waals surface area contributed by atoms with Crippen molar-refractivity contribution in [2.24, 2.45) is 33.7 Å². The van der Waals surface area contributed by atoms with Crippen LogP contribution in [0.15, 0.2) is 45.5 Å². The van der Waals surface area contributed by atoms with Gasteiger partial charge in [-0.1, -0.05) is 22.9 Å². The molecule has 0 aromatic heterocycles. The largest absolute Gasteiger partial charge is 0.458 e. The van der Waals surface area contributed by atoms with Gasteiger partial charge in [0.1, 0.15) is 6.61 Å². The molecule has 4 N–H and O–H groups in total. The van der Waals surface area contributed by atoms with Gasteiger partial charge in [-0.2, -0.15) is 5.10 Å². The van der Waals surface area contributed by atoms with E-state index >= 15 is 0 Å². The van der Waals surface area contributed by atoms with Gasteiger partial charge in [0.2, 0.25) is 0 Å². The molecule has 8 nitrogen and oxygen atoms in total. The van der Waals surface area contributed by atoms with E-state index in [2.05, 4.69) is 33.4 Å². The number of nitrogens with one attached hydrogen (secondary N) is 1. The Kier molecular flexibility index (Phi) is 6.61. The molecular weight excluding hydrogens is 564 g/mol. The summed E-state index contributed by atoms with van der Waals surface area (Å²) in [7, 11) is 0. The summed E-state index contributed by atoms with van der Waals surface area (Å²) < 4.78 is 6.10. The maximum absolute atomic E-state index is 12.8. The lowest BCUT2D eigenvalue weighted by Gasteiger charge is -2.65. The Bertz CT molecular complexity index is 1230. The van der Waals surface area contributed by atoms with Crippen LogP contribution in [0.3, 0.4) is 0 Å². The maximum atomic E-state index is 12.8. The molecule has 1 aliphatic heterocycles. The molecule has 1 aromatic rings. The van der Waals surface area contributed by atoms with Crippen LogP contribution >= 0.6 is 15.9 Å². The standard InChI is InChI=1S/C30H37BrN2O6/c1-27-10-7-23-24(30(27,38)13-9-22(27)19-14-25(35)39-16-19)8-12-29(37)15-21(34)6-11-28(23,29)17-32-33-26(36)18-2-4-20(31)5-3-18/h2-5,14,17,21-24,34,37-38H,6-13,15-16H2,1H3,(H,33,36)/b32-17-/t21-,22-,23+,24-,27-,28+,29+,30-/m1/s1. The van der Waals surface area contributed by atoms with E-state index in [0.29, 0.717) is 44.3 Å². The normalized spacial score (nSPS) is 43.3. The molecule has 1 heterocycles. The van der Waals surface area contributed by atoms with Gasteiger partial charge in [-0.25, -0.2) is 10.2 Å². The Morgan fingerprint density at radius 2 is 1.82 bits per heavy atom. The number of aliphatic hydroxyl groups excluding tert-OH is 1. The highest BCUT2D eigenvalue weighted by atomic mass is 79.9. The highest BCUT2D eigenvalue weighted by Crippen LogP contribution is 2.70. The van der Waals surface area contributed by atoms with Crippen LogP contribution < -0.4 is 5.43 Å². The zero-order valence-corrected chi connectivity index (χ0v) is 23.8. The Labute approximate surface area is 237 Å². The molecule has 0 saturated heterocycles. The van der Waals surface area contributed by atoms with Gasteiger partial charge in [0, 0.05) is 39.6 Å². The lowest BCUT2D eigenvalue weighted by atomic mass is 9.41. The van der Waals surface area contributed by atoms with Crippen molar-refractivity contribution in [3.63, 3.8) is 0 Å². The van der Waals surface area contributed by atoms with E-state index in [1.165, 1.54) is 0 Å². The molecule has 9 heteroatoms. The van der Waals surface area contributed by atoms with E-state index in [9.17, 15) is 24.9 Å². The average Bonchev–Trinajstić information content (AvgIpc) is 3.44. The third-order valence-electron chi connectivity index (χ3n) is 11.2. The minimum atomic E-state index is -1.17. The first-order valence-electron chi connectivity index (χ1n) is 14.1. The predicted molar refractivity (Wildman–Crippen MR) is 148 cm³/mol. The van der Waals surface area contributed by atoms with Crippen LogP contribution in [-0.2, 0) is 9.53 Å². The number of amides is 1. The summed E-state index contributed by atoms with van der Waals surface area (Å²) in [5.41, 5.74) is 0.820. The second-order valence-corrected chi connectivity index (χ2v) is 13.6. The zero-order chi connectivity index (χ0) is 27.6. The predicted octanol–water partition coefficient (Wildman–Crippen LogP) is 3.88. The monoisotopic (exact) mass is 600 g/mol. The maximum Gasteiger partial charge on any atom is 0.331 e. The number of carbonyl (C=O) groups is 2. The molecule has 4 fully saturated rings. The van der Waals surface area contributed by atoms with Crippen molar-refractivity contribution in [3.05, 3.63) is 46.0 Å². The summed E-state index contributed by atoms with van der Waals surface area (Å²) in [6, 6.07) is 7.01. The molecule has 0 radical (unpaired) electrons. The Hall–Kier alpha value is -2.07. The number of aliphatic hydroxyl groups is 3. The van der Waals surface area contributed by atoms with Crippen LogP contribution in [0, 0.1) is 28.6 Å². The molecule has 0 unspecified atom stereocenters. The number of hydrogen-bond acceptors (Lipinski definition) is 7. The first-order chi connectivity index (χ1) is 18.5. The van der Waals surface area contributed by atoms with E-state index in [1.807, 2.05) is 0 Å². The zero-order valence-electron chi connectivity index (χ0n) is 22.2. The van der Waals surface area contributed by atoms with Gasteiger partial charge in [0.15, 0.2) is 0 Å². The number of esters is 1. The molecule has 210 valence electrons. The van der Waals surface area contributed by atoms with E-state index in [4.69, 9.17) is 4.74 Å². The Morgan fingerprint density at radius 3 is 2.54 bits per heavy atom. The highest BCUT2D eigenvalue weighted by Gasteiger charge is 2.71. The van der Waals surface area contributed by atoms with Crippen molar-refractivity contribution in [1.29, 1.82) is 0 Å². The molecule has 39 heavy (non-hydrogen) atoms. The third kappa shape index (κ3) is 4.06. The Morgan fingerprint density at radius 1 is 1.08 bits per heavy atom. The lowest BCUT2D eigenvalue weighted by molar-refractivity contribution is -0.237. The summed E-state index contributed by atoms with van der Waals surface area (Å²) >= 11 is 3.38. The van der Waals surface area contributed by atoms with Crippen molar-refractivity contribution in [2.75, 3.05) is 6.61 Å². The van der Waals surface area contributed by atoms with Crippen LogP contribution in [0.1, 0.15) is 75.1 Å². The first kappa shape index (κ1) is 27.1. The van der Waals surface area contributed by atoms with Gasteiger partial charge in [0.25, 0.3) is 5.91 Å². The number of ether oxygens (including phenoxy) is 1. The number of hydrogen-bond donors (Lipinski definition) is 4. The molecule has 0 bridgehead atoms. The summed E-state index contributed by atoms with van der Waals surface area (Å²) in [6.45, 7) is 2.46. The second-order valence-electron chi connectivity index (χ2n) is 12.7. The van der Waals surface area contributed by atoms with E-state index < -0.39 is 28.1 Å². The molecular formula is C30H37BrN2O6. The number of halogens is 1. The van der Waals surface area contributed by atoms with Gasteiger partial charge < -0.3 is 20.1 Å². The van der Waals surface area contributed by atoms with Crippen molar-refractivity contribution in [2.45, 2.75) is 82.0 Å². The van der Waals surface area contributed by atoms with E-state index in [-0.39, 0.29) is 36.1 Å². The number of benzene rings is 1. The van der Waals surface area contributed by atoms with Crippen molar-refractivity contribution < 1.29 is 29.6 Å². The number of carbonyl (C=O) groups excluding carboxylic acids is 2. The van der Waals surface area contributed by atoms with Crippen molar-refractivity contribution in [1.82, 2.24) is 5.43 Å². The molecule has 1 aromatic carbocycles. The molecule has 4 aliphatic carbocycles. The van der Waals surface area contributed by atoms with E-state index in [0.717, 1.165) is 29.3 Å². The smallest absolute Gasteiger partial charge is 0.331 e. The summed E-state index contributed by atoms with van der Waals surface area (Å²) in [6.07, 6.45) is 8.14. The van der Waals surface area contributed by atoms with Crippen LogP contribution in [0.2, 0.25) is 0 Å². The van der Waals surface area contributed by atoms with E-state index in [1.54, 1.807) is 36.6 Å². The fourth-order valence-corrected chi connectivity index (χ4v) is 9.50. The van der Waals surface area contributed by atoms with Gasteiger partial charge in [0.05, 0.1) is 17.3 Å². The molecule has 4 saturated carbocycles. The average molecular weight is 602 g/mol. The van der Waals surface area contributed by atoms with Gasteiger partial charge in [-0.05, 0) is 99.0 Å². The van der Waals surface area contributed by atoms with Crippen LogP contribution in [-0.4, -0.2) is 57.3 Å². The fraction of sp³-hybridized carbons (Fsp3) is 0.633. The topological polar surface area (TPSA) is 128 Å². The summed E-state index contributed by atoms with van der Waals surface area (Å²) in [5, 5.41) is 39.6. The van der Waals surface area contributed by atoms with Crippen LogP contribution in [0.5, 0.6) is 0 Å². The number of nitrogens with zero attached hydrogens (tertiary/aromatic N) is 1. The molecule has 0 spiro atoms. The van der Waals surface area contributed by atoms with Crippen molar-refractivity contribution >= 4 is 34.0 Å². The van der Waals surface area contributed by atoms with Crippen molar-refractivity contribution in [3.8, 4) is 0 Å². The lowest BCUT2D eigenvalue weighted by Crippen LogP contribution is -2.68. The minimum absolute atomic E-state index is 0.0515. The molecule has 6 rings (SSSR count).